The molecule has 7 nitrogen and oxygen atoms in total. The van der Waals surface area contributed by atoms with E-state index in [1.54, 1.807) is 22.0 Å². The van der Waals surface area contributed by atoms with E-state index >= 15 is 0 Å². The molecule has 1 aromatic carbocycles. The average Bonchev–Trinajstić information content (AvgIpc) is 3.23. The number of β-amino-alcohol motifs (C(OH)–C–C–N with tert-alkyl or cyclic N) is 1. The van der Waals surface area contributed by atoms with Crippen LogP contribution in [0.4, 0.5) is 0 Å². The van der Waals surface area contributed by atoms with Gasteiger partial charge < -0.3 is 14.7 Å². The average molecular weight is 344 g/mol. The van der Waals surface area contributed by atoms with E-state index in [-0.39, 0.29) is 5.91 Å². The zero-order valence-electron chi connectivity index (χ0n) is 14.5. The lowest BCUT2D eigenvalue weighted by Crippen LogP contribution is -2.40. The normalized spacial score (nSPS) is 20.0. The third kappa shape index (κ3) is 4.57. The molecule has 7 heteroatoms. The van der Waals surface area contributed by atoms with Crippen LogP contribution in [0, 0.1) is 0 Å². The molecule has 1 aromatic heterocycles. The Labute approximate surface area is 147 Å². The number of amides is 1. The predicted octanol–water partition coefficient (Wildman–Crippen LogP) is 1.27. The largest absolute Gasteiger partial charge is 0.494 e. The lowest BCUT2D eigenvalue weighted by atomic mass is 10.0. The number of hydrogen-bond donors (Lipinski definition) is 1. The Balaban J connectivity index is 1.57. The first kappa shape index (κ1) is 17.4. The second kappa shape index (κ2) is 7.65. The van der Waals surface area contributed by atoms with Crippen molar-refractivity contribution < 1.29 is 14.6 Å². The molecule has 1 saturated heterocycles. The Morgan fingerprint density at radius 3 is 3.08 bits per heavy atom. The smallest absolute Gasteiger partial charge is 0.227 e. The summed E-state index contributed by atoms with van der Waals surface area (Å²) in [6.45, 7) is 3.94. The highest BCUT2D eigenvalue weighted by Gasteiger charge is 2.38. The van der Waals surface area contributed by atoms with Crippen LogP contribution in [0.1, 0.15) is 25.3 Å². The highest BCUT2D eigenvalue weighted by atomic mass is 16.5. The molecule has 1 atom stereocenters. The minimum atomic E-state index is -0.949. The molecule has 1 unspecified atom stereocenters. The number of ether oxygens (including phenoxy) is 1. The molecule has 1 fully saturated rings. The highest BCUT2D eigenvalue weighted by molar-refractivity contribution is 5.79. The van der Waals surface area contributed by atoms with Gasteiger partial charge in [-0.1, -0.05) is 24.3 Å². The summed E-state index contributed by atoms with van der Waals surface area (Å²) in [5.74, 6) is 0.804. The number of nitrogens with zero attached hydrogens (tertiary/aromatic N) is 4. The SMILES string of the molecule is CCCOc1cccc(CC(=O)N2CCC(O)(Cn3ccnn3)C2)c1. The van der Waals surface area contributed by atoms with Crippen LogP contribution in [0.5, 0.6) is 5.75 Å². The molecule has 0 spiro atoms. The van der Waals surface area contributed by atoms with Crippen molar-refractivity contribution in [2.45, 2.75) is 38.3 Å². The van der Waals surface area contributed by atoms with Crippen LogP contribution < -0.4 is 4.74 Å². The fourth-order valence-corrected chi connectivity index (χ4v) is 3.07. The summed E-state index contributed by atoms with van der Waals surface area (Å²) in [6.07, 6.45) is 5.08. The molecule has 25 heavy (non-hydrogen) atoms. The number of aromatic nitrogens is 3. The van der Waals surface area contributed by atoms with E-state index in [2.05, 4.69) is 17.2 Å². The molecule has 0 radical (unpaired) electrons. The minimum Gasteiger partial charge on any atom is -0.494 e. The van der Waals surface area contributed by atoms with Gasteiger partial charge in [-0.3, -0.25) is 4.79 Å². The van der Waals surface area contributed by atoms with Gasteiger partial charge in [0.15, 0.2) is 0 Å². The van der Waals surface area contributed by atoms with Crippen LogP contribution in [0.25, 0.3) is 0 Å². The number of carbonyl (C=O) groups excluding carboxylic acids is 1. The maximum absolute atomic E-state index is 12.6. The molecular weight excluding hydrogens is 320 g/mol. The standard InChI is InChI=1S/C18H24N4O3/c1-2-10-25-16-5-3-4-15(11-16)12-17(23)21-8-6-18(24,13-21)14-22-9-7-19-20-22/h3-5,7,9,11,24H,2,6,8,10,12-14H2,1H3. The van der Waals surface area contributed by atoms with Crippen molar-refractivity contribution in [3.05, 3.63) is 42.2 Å². The van der Waals surface area contributed by atoms with Crippen LogP contribution >= 0.6 is 0 Å². The second-order valence-electron chi connectivity index (χ2n) is 6.56. The number of aliphatic hydroxyl groups is 1. The zero-order valence-corrected chi connectivity index (χ0v) is 14.5. The second-order valence-corrected chi connectivity index (χ2v) is 6.56. The fraction of sp³-hybridized carbons (Fsp3) is 0.500. The van der Waals surface area contributed by atoms with Crippen molar-refractivity contribution in [3.8, 4) is 5.75 Å². The number of rotatable bonds is 7. The van der Waals surface area contributed by atoms with E-state index in [4.69, 9.17) is 4.74 Å². The van der Waals surface area contributed by atoms with Crippen molar-refractivity contribution in [2.75, 3.05) is 19.7 Å². The van der Waals surface area contributed by atoms with Gasteiger partial charge in [0, 0.05) is 12.7 Å². The first-order chi connectivity index (χ1) is 12.1. The van der Waals surface area contributed by atoms with E-state index in [0.717, 1.165) is 17.7 Å². The van der Waals surface area contributed by atoms with Gasteiger partial charge in [0.1, 0.15) is 11.4 Å². The molecule has 1 N–H and O–H groups in total. The Morgan fingerprint density at radius 2 is 2.32 bits per heavy atom. The summed E-state index contributed by atoms with van der Waals surface area (Å²) in [5.41, 5.74) is -0.0274. The molecule has 3 rings (SSSR count). The van der Waals surface area contributed by atoms with Gasteiger partial charge in [0.05, 0.1) is 32.3 Å². The van der Waals surface area contributed by atoms with Gasteiger partial charge in [0.2, 0.25) is 5.91 Å². The number of benzene rings is 1. The third-order valence-corrected chi connectivity index (χ3v) is 4.34. The topological polar surface area (TPSA) is 80.5 Å². The number of likely N-dealkylation sites (tertiary alicyclic amines) is 1. The predicted molar refractivity (Wildman–Crippen MR) is 92.1 cm³/mol. The Morgan fingerprint density at radius 1 is 1.44 bits per heavy atom. The van der Waals surface area contributed by atoms with Crippen LogP contribution in [0.3, 0.4) is 0 Å². The van der Waals surface area contributed by atoms with Gasteiger partial charge in [-0.05, 0) is 30.5 Å². The minimum absolute atomic E-state index is 0.0159. The molecule has 1 aliphatic heterocycles. The summed E-state index contributed by atoms with van der Waals surface area (Å²) in [4.78, 5) is 14.3. The van der Waals surface area contributed by atoms with Crippen LogP contribution in [0.15, 0.2) is 36.7 Å². The van der Waals surface area contributed by atoms with Gasteiger partial charge >= 0.3 is 0 Å². The van der Waals surface area contributed by atoms with E-state index in [9.17, 15) is 9.90 Å². The van der Waals surface area contributed by atoms with E-state index in [0.29, 0.717) is 39.1 Å². The van der Waals surface area contributed by atoms with Gasteiger partial charge in [0.25, 0.3) is 0 Å². The quantitative estimate of drug-likeness (QED) is 0.818. The van der Waals surface area contributed by atoms with E-state index in [1.807, 2.05) is 24.3 Å². The summed E-state index contributed by atoms with van der Waals surface area (Å²) < 4.78 is 7.21. The summed E-state index contributed by atoms with van der Waals surface area (Å²) >= 11 is 0. The van der Waals surface area contributed by atoms with E-state index in [1.165, 1.54) is 0 Å². The monoisotopic (exact) mass is 344 g/mol. The van der Waals surface area contributed by atoms with Crippen molar-refractivity contribution in [1.82, 2.24) is 19.9 Å². The summed E-state index contributed by atoms with van der Waals surface area (Å²) in [6, 6.07) is 7.63. The molecule has 1 aliphatic rings. The van der Waals surface area contributed by atoms with Crippen molar-refractivity contribution in [2.24, 2.45) is 0 Å². The maximum atomic E-state index is 12.6. The number of hydrogen-bond acceptors (Lipinski definition) is 5. The molecule has 2 aromatic rings. The third-order valence-electron chi connectivity index (χ3n) is 4.34. The van der Waals surface area contributed by atoms with Crippen LogP contribution in [0.2, 0.25) is 0 Å². The fourth-order valence-electron chi connectivity index (χ4n) is 3.07. The van der Waals surface area contributed by atoms with Gasteiger partial charge in [-0.15, -0.1) is 5.10 Å². The molecule has 134 valence electrons. The van der Waals surface area contributed by atoms with Crippen LogP contribution in [-0.4, -0.2) is 56.2 Å². The molecule has 0 saturated carbocycles. The number of carbonyl (C=O) groups is 1. The van der Waals surface area contributed by atoms with Crippen molar-refractivity contribution in [1.29, 1.82) is 0 Å². The highest BCUT2D eigenvalue weighted by Crippen LogP contribution is 2.24. The molecule has 2 heterocycles. The molecule has 1 amide bonds. The molecule has 0 bridgehead atoms. The Bertz CT molecular complexity index is 704. The maximum Gasteiger partial charge on any atom is 0.227 e. The zero-order chi connectivity index (χ0) is 17.7. The lowest BCUT2D eigenvalue weighted by Gasteiger charge is -2.23. The lowest BCUT2D eigenvalue weighted by molar-refractivity contribution is -0.130. The van der Waals surface area contributed by atoms with Gasteiger partial charge in [-0.2, -0.15) is 0 Å². The summed E-state index contributed by atoms with van der Waals surface area (Å²) in [5, 5.41) is 18.3. The van der Waals surface area contributed by atoms with Gasteiger partial charge in [-0.25, -0.2) is 4.68 Å². The molecular formula is C18H24N4O3. The Hall–Kier alpha value is -2.41. The first-order valence-electron chi connectivity index (χ1n) is 8.64. The van der Waals surface area contributed by atoms with Crippen molar-refractivity contribution >= 4 is 5.91 Å². The molecule has 0 aliphatic carbocycles. The Kier molecular flexibility index (Phi) is 5.33. The van der Waals surface area contributed by atoms with Crippen LogP contribution in [-0.2, 0) is 17.8 Å². The van der Waals surface area contributed by atoms with E-state index < -0.39 is 5.60 Å². The van der Waals surface area contributed by atoms with Crippen molar-refractivity contribution in [3.63, 3.8) is 0 Å². The first-order valence-corrected chi connectivity index (χ1v) is 8.64. The summed E-state index contributed by atoms with van der Waals surface area (Å²) in [7, 11) is 0.